The quantitative estimate of drug-likeness (QED) is 0.729. The molecule has 0 atom stereocenters. The second-order valence-corrected chi connectivity index (χ2v) is 8.57. The number of aliphatic carboxylic acids is 1. The van der Waals surface area contributed by atoms with E-state index in [1.165, 1.54) is 12.8 Å². The molecule has 1 aromatic rings. The van der Waals surface area contributed by atoms with Crippen LogP contribution in [0.3, 0.4) is 0 Å². The van der Waals surface area contributed by atoms with E-state index in [4.69, 9.17) is 16.7 Å². The first-order chi connectivity index (χ1) is 12.3. The van der Waals surface area contributed by atoms with Gasteiger partial charge in [0.05, 0.1) is 12.0 Å². The van der Waals surface area contributed by atoms with Crippen molar-refractivity contribution in [3.63, 3.8) is 0 Å². The average Bonchev–Trinajstić information content (AvgIpc) is 3.33. The monoisotopic (exact) mass is 378 g/mol. The summed E-state index contributed by atoms with van der Waals surface area (Å²) < 4.78 is 0. The first kappa shape index (κ1) is 19.2. The third-order valence-electron chi connectivity index (χ3n) is 5.61. The highest BCUT2D eigenvalue weighted by Gasteiger charge is 2.40. The van der Waals surface area contributed by atoms with Gasteiger partial charge in [-0.25, -0.2) is 0 Å². The fourth-order valence-corrected chi connectivity index (χ4v) is 3.98. The van der Waals surface area contributed by atoms with Gasteiger partial charge >= 0.3 is 5.97 Å². The number of carboxylic acid groups (broad SMARTS) is 1. The molecule has 0 radical (unpaired) electrons. The van der Waals surface area contributed by atoms with E-state index in [0.717, 1.165) is 24.9 Å². The number of hydrogen-bond donors (Lipinski definition) is 2. The summed E-state index contributed by atoms with van der Waals surface area (Å²) in [5.41, 5.74) is 0.106. The van der Waals surface area contributed by atoms with Gasteiger partial charge in [-0.15, -0.1) is 0 Å². The van der Waals surface area contributed by atoms with Crippen LogP contribution in [0.5, 0.6) is 0 Å². The number of rotatable bonds is 8. The second-order valence-electron chi connectivity index (χ2n) is 8.17. The zero-order chi connectivity index (χ0) is 18.9. The molecule has 0 spiro atoms. The summed E-state index contributed by atoms with van der Waals surface area (Å²) in [5, 5.41) is 12.8. The highest BCUT2D eigenvalue weighted by atomic mass is 35.5. The summed E-state index contributed by atoms with van der Waals surface area (Å²) >= 11 is 6.26. The Balaban J connectivity index is 1.55. The molecule has 6 heteroatoms. The molecule has 2 saturated carbocycles. The highest BCUT2D eigenvalue weighted by molar-refractivity contribution is 6.31. The Labute approximate surface area is 159 Å². The molecule has 0 bridgehead atoms. The molecule has 0 aromatic heterocycles. The first-order valence-electron chi connectivity index (χ1n) is 9.29. The van der Waals surface area contributed by atoms with E-state index >= 15 is 0 Å². The van der Waals surface area contributed by atoms with Gasteiger partial charge in [0.15, 0.2) is 0 Å². The third kappa shape index (κ3) is 4.38. The molecule has 0 heterocycles. The van der Waals surface area contributed by atoms with Crippen LogP contribution in [-0.4, -0.2) is 47.1 Å². The van der Waals surface area contributed by atoms with E-state index in [1.807, 2.05) is 32.0 Å². The molecule has 1 aromatic carbocycles. The molecule has 5 nitrogen and oxygen atoms in total. The summed E-state index contributed by atoms with van der Waals surface area (Å²) in [5.74, 6) is -0.166. The summed E-state index contributed by atoms with van der Waals surface area (Å²) in [7, 11) is 0. The summed E-state index contributed by atoms with van der Waals surface area (Å²) in [4.78, 5) is 26.0. The van der Waals surface area contributed by atoms with E-state index in [-0.39, 0.29) is 24.5 Å². The lowest BCUT2D eigenvalue weighted by Crippen LogP contribution is -2.57. The normalized spacial score (nSPS) is 22.8. The van der Waals surface area contributed by atoms with Crippen molar-refractivity contribution >= 4 is 23.5 Å². The van der Waals surface area contributed by atoms with Gasteiger partial charge in [0.2, 0.25) is 5.91 Å². The lowest BCUT2D eigenvalue weighted by Gasteiger charge is -2.43. The van der Waals surface area contributed by atoms with E-state index < -0.39 is 11.4 Å². The van der Waals surface area contributed by atoms with Crippen LogP contribution in [0.1, 0.15) is 45.1 Å². The number of halogens is 1. The van der Waals surface area contributed by atoms with Crippen molar-refractivity contribution in [2.75, 3.05) is 13.1 Å². The van der Waals surface area contributed by atoms with Gasteiger partial charge in [0, 0.05) is 23.7 Å². The maximum absolute atomic E-state index is 12.8. The van der Waals surface area contributed by atoms with Crippen molar-refractivity contribution in [1.29, 1.82) is 0 Å². The topological polar surface area (TPSA) is 69.6 Å². The van der Waals surface area contributed by atoms with Crippen molar-refractivity contribution < 1.29 is 14.7 Å². The number of amides is 1. The van der Waals surface area contributed by atoms with Gasteiger partial charge in [-0.2, -0.15) is 0 Å². The van der Waals surface area contributed by atoms with Crippen molar-refractivity contribution in [3.8, 4) is 0 Å². The summed E-state index contributed by atoms with van der Waals surface area (Å²) in [6.07, 6.45) is 4.03. The van der Waals surface area contributed by atoms with Gasteiger partial charge in [-0.1, -0.05) is 29.8 Å². The zero-order valence-corrected chi connectivity index (χ0v) is 16.1. The largest absolute Gasteiger partial charge is 0.480 e. The van der Waals surface area contributed by atoms with Crippen molar-refractivity contribution in [2.45, 2.75) is 57.0 Å². The molecule has 3 rings (SSSR count). The van der Waals surface area contributed by atoms with E-state index in [2.05, 4.69) is 10.2 Å². The van der Waals surface area contributed by atoms with Gasteiger partial charge in [-0.05, 0) is 57.1 Å². The van der Waals surface area contributed by atoms with Crippen LogP contribution in [0, 0.1) is 5.92 Å². The number of carboxylic acids is 1. The smallest absolute Gasteiger partial charge is 0.317 e. The molecule has 0 aliphatic heterocycles. The van der Waals surface area contributed by atoms with Gasteiger partial charge in [0.25, 0.3) is 0 Å². The molecule has 0 unspecified atom stereocenters. The minimum atomic E-state index is -0.780. The summed E-state index contributed by atoms with van der Waals surface area (Å²) in [6.45, 7) is 4.71. The number of benzene rings is 1. The maximum atomic E-state index is 12.8. The van der Waals surface area contributed by atoms with Gasteiger partial charge in [0.1, 0.15) is 0 Å². The second kappa shape index (κ2) is 7.57. The molecule has 2 N–H and O–H groups in total. The lowest BCUT2D eigenvalue weighted by atomic mass is 9.80. The Morgan fingerprint density at radius 3 is 2.50 bits per heavy atom. The Bertz CT molecular complexity index is 681. The molecule has 2 aliphatic rings. The fourth-order valence-electron chi connectivity index (χ4n) is 3.61. The Hall–Kier alpha value is -1.59. The minimum absolute atomic E-state index is 0.0407. The molecule has 1 amide bonds. The van der Waals surface area contributed by atoms with Crippen LogP contribution in [0.4, 0.5) is 0 Å². The number of nitrogens with one attached hydrogen (secondary N) is 1. The van der Waals surface area contributed by atoms with E-state index in [1.54, 1.807) is 6.07 Å². The lowest BCUT2D eigenvalue weighted by molar-refractivity contribution is -0.140. The van der Waals surface area contributed by atoms with Crippen LogP contribution >= 0.6 is 11.6 Å². The molecule has 142 valence electrons. The molecular weight excluding hydrogens is 352 g/mol. The number of nitrogens with zero attached hydrogens (tertiary/aromatic N) is 1. The maximum Gasteiger partial charge on any atom is 0.317 e. The van der Waals surface area contributed by atoms with Crippen molar-refractivity contribution in [1.82, 2.24) is 10.2 Å². The SMILES string of the molecule is CC(C)(C(=O)NC1CC(N(CC(=O)O)CC2CC2)C1)c1ccccc1Cl. The highest BCUT2D eigenvalue weighted by Crippen LogP contribution is 2.35. The number of hydrogen-bond acceptors (Lipinski definition) is 3. The minimum Gasteiger partial charge on any atom is -0.480 e. The van der Waals surface area contributed by atoms with Crippen molar-refractivity contribution in [3.05, 3.63) is 34.9 Å². The van der Waals surface area contributed by atoms with Crippen LogP contribution in [0.25, 0.3) is 0 Å². The van der Waals surface area contributed by atoms with Gasteiger partial charge in [-0.3, -0.25) is 14.5 Å². The summed E-state index contributed by atoms with van der Waals surface area (Å²) in [6, 6.07) is 7.78. The number of carbonyl (C=O) groups excluding carboxylic acids is 1. The van der Waals surface area contributed by atoms with Crippen LogP contribution in [0.2, 0.25) is 5.02 Å². The Morgan fingerprint density at radius 2 is 1.92 bits per heavy atom. The fraction of sp³-hybridized carbons (Fsp3) is 0.600. The van der Waals surface area contributed by atoms with Crippen LogP contribution in [0.15, 0.2) is 24.3 Å². The standard InChI is InChI=1S/C20H27ClN2O3/c1-20(2,16-5-3-4-6-17(16)21)19(26)22-14-9-15(10-14)23(12-18(24)25)11-13-7-8-13/h3-6,13-15H,7-12H2,1-2H3,(H,22,26)(H,24,25). The molecule has 2 aliphatic carbocycles. The zero-order valence-electron chi connectivity index (χ0n) is 15.4. The molecular formula is C20H27ClN2O3. The first-order valence-corrected chi connectivity index (χ1v) is 9.67. The number of carbonyl (C=O) groups is 2. The van der Waals surface area contributed by atoms with E-state index in [0.29, 0.717) is 10.9 Å². The van der Waals surface area contributed by atoms with Crippen molar-refractivity contribution in [2.24, 2.45) is 5.92 Å². The average molecular weight is 379 g/mol. The third-order valence-corrected chi connectivity index (χ3v) is 5.94. The Kier molecular flexibility index (Phi) is 5.58. The Morgan fingerprint density at radius 1 is 1.27 bits per heavy atom. The van der Waals surface area contributed by atoms with Crippen LogP contribution in [-0.2, 0) is 15.0 Å². The predicted octanol–water partition coefficient (Wildman–Crippen LogP) is 3.06. The molecule has 2 fully saturated rings. The van der Waals surface area contributed by atoms with Gasteiger partial charge < -0.3 is 10.4 Å². The molecule has 0 saturated heterocycles. The van der Waals surface area contributed by atoms with E-state index in [9.17, 15) is 9.59 Å². The van der Waals surface area contributed by atoms with Crippen LogP contribution < -0.4 is 5.32 Å². The molecule has 26 heavy (non-hydrogen) atoms. The predicted molar refractivity (Wildman–Crippen MR) is 101 cm³/mol.